The van der Waals surface area contributed by atoms with Crippen LogP contribution in [0.4, 0.5) is 0 Å². The smallest absolute Gasteiger partial charge is 0.191 e. The lowest BCUT2D eigenvalue weighted by Gasteiger charge is -2.40. The molecule has 152 valence electrons. The zero-order chi connectivity index (χ0) is 19.5. The Morgan fingerprint density at radius 2 is 1.93 bits per heavy atom. The molecular formula is C22H38N4O. The van der Waals surface area contributed by atoms with E-state index >= 15 is 0 Å². The maximum Gasteiger partial charge on any atom is 0.191 e. The van der Waals surface area contributed by atoms with E-state index in [0.29, 0.717) is 0 Å². The fourth-order valence-corrected chi connectivity index (χ4v) is 3.41. The molecule has 0 saturated carbocycles. The van der Waals surface area contributed by atoms with Gasteiger partial charge in [-0.25, -0.2) is 0 Å². The summed E-state index contributed by atoms with van der Waals surface area (Å²) in [4.78, 5) is 7.43. The van der Waals surface area contributed by atoms with Crippen LogP contribution >= 0.6 is 0 Å². The summed E-state index contributed by atoms with van der Waals surface area (Å²) >= 11 is 0. The molecule has 2 rings (SSSR count). The van der Waals surface area contributed by atoms with Crippen molar-refractivity contribution in [2.24, 2.45) is 4.99 Å². The van der Waals surface area contributed by atoms with Gasteiger partial charge in [-0.15, -0.1) is 0 Å². The van der Waals surface area contributed by atoms with Crippen molar-refractivity contribution < 1.29 is 4.74 Å². The lowest BCUT2D eigenvalue weighted by atomic mass is 9.94. The first-order valence-corrected chi connectivity index (χ1v) is 10.5. The highest BCUT2D eigenvalue weighted by Gasteiger charge is 2.29. The second kappa shape index (κ2) is 11.3. The van der Waals surface area contributed by atoms with Gasteiger partial charge >= 0.3 is 0 Å². The van der Waals surface area contributed by atoms with E-state index in [-0.39, 0.29) is 5.54 Å². The number of rotatable bonds is 10. The highest BCUT2D eigenvalue weighted by molar-refractivity contribution is 5.79. The van der Waals surface area contributed by atoms with Crippen LogP contribution in [0.15, 0.2) is 29.3 Å². The fourth-order valence-electron chi connectivity index (χ4n) is 3.41. The number of hydrogen-bond donors (Lipinski definition) is 2. The summed E-state index contributed by atoms with van der Waals surface area (Å²) in [5.74, 6) is 0.916. The predicted molar refractivity (Wildman–Crippen MR) is 114 cm³/mol. The van der Waals surface area contributed by atoms with E-state index in [4.69, 9.17) is 9.73 Å². The van der Waals surface area contributed by atoms with Gasteiger partial charge in [0.2, 0.25) is 0 Å². The number of benzene rings is 1. The Labute approximate surface area is 165 Å². The molecular weight excluding hydrogens is 336 g/mol. The van der Waals surface area contributed by atoms with E-state index in [1.54, 1.807) is 0 Å². The molecule has 0 saturated heterocycles. The van der Waals surface area contributed by atoms with E-state index in [1.165, 1.54) is 11.1 Å². The Balaban J connectivity index is 1.85. The van der Waals surface area contributed by atoms with Crippen molar-refractivity contribution in [3.63, 3.8) is 0 Å². The molecule has 0 aromatic heterocycles. The average molecular weight is 375 g/mol. The lowest BCUT2D eigenvalue weighted by molar-refractivity contribution is 0.111. The summed E-state index contributed by atoms with van der Waals surface area (Å²) in [5.41, 5.74) is 2.99. The highest BCUT2D eigenvalue weighted by Crippen LogP contribution is 2.25. The Morgan fingerprint density at radius 1 is 1.15 bits per heavy atom. The number of aliphatic imine (C=N–C) groups is 1. The number of unbranched alkanes of at least 4 members (excludes halogenated alkanes) is 1. The third-order valence-corrected chi connectivity index (χ3v) is 5.17. The molecule has 0 fully saturated rings. The third-order valence-electron chi connectivity index (χ3n) is 5.17. The zero-order valence-corrected chi connectivity index (χ0v) is 17.7. The Kier molecular flexibility index (Phi) is 9.08. The predicted octanol–water partition coefficient (Wildman–Crippen LogP) is 3.20. The first-order valence-electron chi connectivity index (χ1n) is 10.5. The van der Waals surface area contributed by atoms with E-state index < -0.39 is 0 Å². The molecule has 0 aliphatic carbocycles. The van der Waals surface area contributed by atoms with Crippen LogP contribution in [0, 0.1) is 0 Å². The zero-order valence-electron chi connectivity index (χ0n) is 17.7. The molecule has 1 aromatic rings. The molecule has 0 unspecified atom stereocenters. The number of nitrogens with zero attached hydrogens (tertiary/aromatic N) is 2. The van der Waals surface area contributed by atoms with Crippen molar-refractivity contribution in [3.05, 3.63) is 35.4 Å². The Hall–Kier alpha value is -1.59. The quantitative estimate of drug-likeness (QED) is 0.375. The van der Waals surface area contributed by atoms with Gasteiger partial charge in [0, 0.05) is 44.9 Å². The SMILES string of the molecule is CCNC(=NCC(C)(C)N1CCc2ccccc2C1)NCCCCOCC. The molecule has 0 atom stereocenters. The third kappa shape index (κ3) is 7.15. The fraction of sp³-hybridized carbons (Fsp3) is 0.682. The average Bonchev–Trinajstić information content (AvgIpc) is 2.68. The van der Waals surface area contributed by atoms with Gasteiger partial charge in [0.1, 0.15) is 0 Å². The maximum atomic E-state index is 5.39. The normalized spacial score (nSPS) is 15.5. The van der Waals surface area contributed by atoms with Crippen molar-refractivity contribution in [3.8, 4) is 0 Å². The monoisotopic (exact) mass is 374 g/mol. The van der Waals surface area contributed by atoms with Crippen molar-refractivity contribution in [2.45, 2.75) is 59.0 Å². The molecule has 5 nitrogen and oxygen atoms in total. The molecule has 0 radical (unpaired) electrons. The van der Waals surface area contributed by atoms with E-state index in [0.717, 1.165) is 71.2 Å². The summed E-state index contributed by atoms with van der Waals surface area (Å²) in [6.45, 7) is 15.1. The van der Waals surface area contributed by atoms with Gasteiger partial charge in [0.25, 0.3) is 0 Å². The van der Waals surface area contributed by atoms with Gasteiger partial charge in [-0.05, 0) is 58.1 Å². The van der Waals surface area contributed by atoms with E-state index in [1.807, 2.05) is 6.92 Å². The topological polar surface area (TPSA) is 48.9 Å². The van der Waals surface area contributed by atoms with Crippen LogP contribution in [0.25, 0.3) is 0 Å². The number of nitrogens with one attached hydrogen (secondary N) is 2. The maximum absolute atomic E-state index is 5.39. The van der Waals surface area contributed by atoms with Crippen LogP contribution in [0.5, 0.6) is 0 Å². The standard InChI is InChI=1S/C22H38N4O/c1-5-23-21(24-14-9-10-16-27-6-2)25-18-22(3,4)26-15-13-19-11-7-8-12-20(19)17-26/h7-8,11-12H,5-6,9-10,13-18H2,1-4H3,(H2,23,24,25). The van der Waals surface area contributed by atoms with Crippen LogP contribution in [0.1, 0.15) is 51.7 Å². The molecule has 1 aromatic carbocycles. The van der Waals surface area contributed by atoms with Crippen molar-refractivity contribution in [1.29, 1.82) is 0 Å². The van der Waals surface area contributed by atoms with Crippen molar-refractivity contribution in [2.75, 3.05) is 39.4 Å². The van der Waals surface area contributed by atoms with Gasteiger partial charge in [0.05, 0.1) is 6.54 Å². The summed E-state index contributed by atoms with van der Waals surface area (Å²) in [5, 5.41) is 6.82. The largest absolute Gasteiger partial charge is 0.382 e. The van der Waals surface area contributed by atoms with Crippen molar-refractivity contribution >= 4 is 5.96 Å². The lowest BCUT2D eigenvalue weighted by Crippen LogP contribution is -2.49. The summed E-state index contributed by atoms with van der Waals surface area (Å²) in [6, 6.07) is 8.81. The second-order valence-corrected chi connectivity index (χ2v) is 7.78. The molecule has 1 aliphatic heterocycles. The van der Waals surface area contributed by atoms with Crippen molar-refractivity contribution in [1.82, 2.24) is 15.5 Å². The number of hydrogen-bond acceptors (Lipinski definition) is 3. The number of fused-ring (bicyclic) bond motifs is 1. The minimum Gasteiger partial charge on any atom is -0.382 e. The van der Waals surface area contributed by atoms with Gasteiger partial charge in [-0.1, -0.05) is 24.3 Å². The van der Waals surface area contributed by atoms with Crippen LogP contribution in [-0.2, 0) is 17.7 Å². The second-order valence-electron chi connectivity index (χ2n) is 7.78. The van der Waals surface area contributed by atoms with E-state index in [9.17, 15) is 0 Å². The molecule has 0 amide bonds. The first-order chi connectivity index (χ1) is 13.1. The van der Waals surface area contributed by atoms with Gasteiger partial charge < -0.3 is 15.4 Å². The molecule has 0 spiro atoms. The van der Waals surface area contributed by atoms with E-state index in [2.05, 4.69) is 60.6 Å². The van der Waals surface area contributed by atoms with Gasteiger partial charge in [0.15, 0.2) is 5.96 Å². The summed E-state index contributed by atoms with van der Waals surface area (Å²) in [6.07, 6.45) is 3.30. The Morgan fingerprint density at radius 3 is 2.67 bits per heavy atom. The molecule has 1 aliphatic rings. The highest BCUT2D eigenvalue weighted by atomic mass is 16.5. The first kappa shape index (κ1) is 21.7. The van der Waals surface area contributed by atoms with Crippen LogP contribution < -0.4 is 10.6 Å². The molecule has 1 heterocycles. The Bertz CT molecular complexity index is 585. The van der Waals surface area contributed by atoms with Gasteiger partial charge in [-0.3, -0.25) is 9.89 Å². The summed E-state index contributed by atoms with van der Waals surface area (Å²) < 4.78 is 5.39. The minimum atomic E-state index is 0.0326. The number of ether oxygens (including phenoxy) is 1. The molecule has 5 heteroatoms. The van der Waals surface area contributed by atoms with Crippen LogP contribution in [0.3, 0.4) is 0 Å². The number of guanidine groups is 1. The summed E-state index contributed by atoms with van der Waals surface area (Å²) in [7, 11) is 0. The minimum absolute atomic E-state index is 0.0326. The molecule has 2 N–H and O–H groups in total. The van der Waals surface area contributed by atoms with Gasteiger partial charge in [-0.2, -0.15) is 0 Å². The molecule has 27 heavy (non-hydrogen) atoms. The van der Waals surface area contributed by atoms with Crippen LogP contribution in [-0.4, -0.2) is 55.8 Å². The van der Waals surface area contributed by atoms with Crippen LogP contribution in [0.2, 0.25) is 0 Å². The molecule has 0 bridgehead atoms.